The van der Waals surface area contributed by atoms with E-state index in [1.54, 1.807) is 19.9 Å². The Morgan fingerprint density at radius 2 is 1.79 bits per heavy atom. The lowest BCUT2D eigenvalue weighted by Crippen LogP contribution is -2.47. The molecule has 3 aromatic rings. The van der Waals surface area contributed by atoms with Crippen molar-refractivity contribution in [3.8, 4) is 22.8 Å². The van der Waals surface area contributed by atoms with Gasteiger partial charge in [0, 0.05) is 37.1 Å². The van der Waals surface area contributed by atoms with Gasteiger partial charge in [-0.3, -0.25) is 14.4 Å². The number of rotatable bonds is 6. The van der Waals surface area contributed by atoms with Gasteiger partial charge in [-0.2, -0.15) is 0 Å². The second-order valence-electron chi connectivity index (χ2n) is 8.68. The molecule has 4 rings (SSSR count). The number of methoxy groups -OCH3 is 1. The van der Waals surface area contributed by atoms with Gasteiger partial charge in [-0.25, -0.2) is 0 Å². The van der Waals surface area contributed by atoms with Crippen LogP contribution in [0.15, 0.2) is 51.7 Å². The average molecular weight is 466 g/mol. The largest absolute Gasteiger partial charge is 0.496 e. The van der Waals surface area contributed by atoms with Gasteiger partial charge in [0.15, 0.2) is 11.5 Å². The van der Waals surface area contributed by atoms with Gasteiger partial charge in [0.2, 0.25) is 0 Å². The molecule has 8 nitrogen and oxygen atoms in total. The fourth-order valence-corrected chi connectivity index (χ4v) is 4.49. The van der Waals surface area contributed by atoms with Gasteiger partial charge in [-0.1, -0.05) is 30.3 Å². The van der Waals surface area contributed by atoms with Crippen LogP contribution in [0.1, 0.15) is 39.2 Å². The first-order chi connectivity index (χ1) is 16.1. The first-order valence-corrected chi connectivity index (χ1v) is 10.9. The third-order valence-electron chi connectivity index (χ3n) is 5.78. The molecule has 34 heavy (non-hydrogen) atoms. The van der Waals surface area contributed by atoms with Crippen molar-refractivity contribution in [2.24, 2.45) is 0 Å². The second-order valence-corrected chi connectivity index (χ2v) is 8.68. The van der Waals surface area contributed by atoms with E-state index >= 15 is 0 Å². The van der Waals surface area contributed by atoms with Crippen LogP contribution < -0.4 is 14.9 Å². The maximum absolute atomic E-state index is 13.2. The average Bonchev–Trinajstić information content (AvgIpc) is 3.20. The SMILES string of the molecule is COc1cc2c(c3oc(-c4ccccc4)cc(=O)c13)C(C(OC(C)=O)C(C)(C)OC(C)=O)CO2. The summed E-state index contributed by atoms with van der Waals surface area (Å²) in [4.78, 5) is 37.0. The van der Waals surface area contributed by atoms with Crippen molar-refractivity contribution < 1.29 is 33.0 Å². The molecule has 0 saturated carbocycles. The molecule has 0 radical (unpaired) electrons. The maximum atomic E-state index is 13.2. The highest BCUT2D eigenvalue weighted by atomic mass is 16.6. The molecule has 1 aliphatic heterocycles. The molecule has 1 aromatic heterocycles. The minimum absolute atomic E-state index is 0.125. The lowest BCUT2D eigenvalue weighted by Gasteiger charge is -2.36. The van der Waals surface area contributed by atoms with Crippen LogP contribution in [0.3, 0.4) is 0 Å². The van der Waals surface area contributed by atoms with E-state index in [4.69, 9.17) is 23.4 Å². The Balaban J connectivity index is 1.97. The Kier molecular flexibility index (Phi) is 6.08. The zero-order valence-electron chi connectivity index (χ0n) is 19.7. The Morgan fingerprint density at radius 3 is 2.41 bits per heavy atom. The normalized spacial score (nSPS) is 15.9. The number of hydrogen-bond acceptors (Lipinski definition) is 8. The number of carbonyl (C=O) groups excluding carboxylic acids is 2. The predicted molar refractivity (Wildman–Crippen MR) is 124 cm³/mol. The lowest BCUT2D eigenvalue weighted by atomic mass is 9.84. The zero-order valence-corrected chi connectivity index (χ0v) is 19.7. The van der Waals surface area contributed by atoms with Crippen molar-refractivity contribution in [1.82, 2.24) is 0 Å². The van der Waals surface area contributed by atoms with Crippen LogP contribution in [0.25, 0.3) is 22.3 Å². The van der Waals surface area contributed by atoms with E-state index in [2.05, 4.69) is 0 Å². The van der Waals surface area contributed by atoms with E-state index in [-0.39, 0.29) is 23.0 Å². The van der Waals surface area contributed by atoms with E-state index < -0.39 is 29.6 Å². The molecule has 178 valence electrons. The van der Waals surface area contributed by atoms with Gasteiger partial charge in [0.25, 0.3) is 0 Å². The quantitative estimate of drug-likeness (QED) is 0.498. The van der Waals surface area contributed by atoms with Gasteiger partial charge >= 0.3 is 11.9 Å². The van der Waals surface area contributed by atoms with Crippen LogP contribution in [0.2, 0.25) is 0 Å². The molecule has 2 atom stereocenters. The number of ether oxygens (including phenoxy) is 4. The molecule has 2 unspecified atom stereocenters. The summed E-state index contributed by atoms with van der Waals surface area (Å²) < 4.78 is 28.9. The highest BCUT2D eigenvalue weighted by molar-refractivity contribution is 5.90. The molecule has 8 heteroatoms. The van der Waals surface area contributed by atoms with Gasteiger partial charge in [0.05, 0.1) is 19.6 Å². The van der Waals surface area contributed by atoms with E-state index in [1.807, 2.05) is 30.3 Å². The van der Waals surface area contributed by atoms with Gasteiger partial charge < -0.3 is 23.4 Å². The molecule has 0 aliphatic carbocycles. The number of hydrogen-bond donors (Lipinski definition) is 0. The zero-order chi connectivity index (χ0) is 24.6. The summed E-state index contributed by atoms with van der Waals surface area (Å²) in [7, 11) is 1.46. The van der Waals surface area contributed by atoms with E-state index in [1.165, 1.54) is 27.0 Å². The summed E-state index contributed by atoms with van der Waals surface area (Å²) in [6.45, 7) is 6.03. The van der Waals surface area contributed by atoms with Crippen LogP contribution in [0, 0.1) is 0 Å². The molecule has 0 bridgehead atoms. The fraction of sp³-hybridized carbons (Fsp3) is 0.346. The molecule has 0 fully saturated rings. The minimum Gasteiger partial charge on any atom is -0.496 e. The van der Waals surface area contributed by atoms with E-state index in [9.17, 15) is 14.4 Å². The highest BCUT2D eigenvalue weighted by Crippen LogP contribution is 2.47. The fourth-order valence-electron chi connectivity index (χ4n) is 4.49. The third-order valence-corrected chi connectivity index (χ3v) is 5.78. The number of fused-ring (bicyclic) bond motifs is 3. The predicted octanol–water partition coefficient (Wildman–Crippen LogP) is 4.22. The lowest BCUT2D eigenvalue weighted by molar-refractivity contribution is -0.181. The Morgan fingerprint density at radius 1 is 1.09 bits per heavy atom. The number of esters is 2. The van der Waals surface area contributed by atoms with Crippen molar-refractivity contribution in [2.75, 3.05) is 13.7 Å². The second kappa shape index (κ2) is 8.85. The van der Waals surface area contributed by atoms with Gasteiger partial charge in [-0.05, 0) is 13.8 Å². The Bertz CT molecular complexity index is 1310. The molecule has 0 N–H and O–H groups in total. The first-order valence-electron chi connectivity index (χ1n) is 10.9. The summed E-state index contributed by atoms with van der Waals surface area (Å²) in [5.41, 5.74) is 0.0895. The third kappa shape index (κ3) is 4.23. The van der Waals surface area contributed by atoms with E-state index in [0.717, 1.165) is 5.56 Å². The molecule has 2 heterocycles. The van der Waals surface area contributed by atoms with Crippen LogP contribution in [-0.2, 0) is 19.1 Å². The van der Waals surface area contributed by atoms with Crippen molar-refractivity contribution in [3.05, 3.63) is 58.3 Å². The van der Waals surface area contributed by atoms with Crippen LogP contribution >= 0.6 is 0 Å². The number of benzene rings is 2. The topological polar surface area (TPSA) is 101 Å². The molecule has 0 amide bonds. The van der Waals surface area contributed by atoms with Crippen LogP contribution in [-0.4, -0.2) is 37.4 Å². The monoisotopic (exact) mass is 466 g/mol. The van der Waals surface area contributed by atoms with Gasteiger partial charge in [-0.15, -0.1) is 0 Å². The molecule has 0 saturated heterocycles. The Hall–Kier alpha value is -3.81. The van der Waals surface area contributed by atoms with Crippen LogP contribution in [0.5, 0.6) is 11.5 Å². The summed E-state index contributed by atoms with van der Waals surface area (Å²) in [6, 6.07) is 12.3. The standard InChI is InChI=1S/C26H26O8/c1-14(27)32-25(26(3,4)34-15(2)28)17-13-31-21-12-20(30-5)23-18(29)11-19(33-24(23)22(17)21)16-9-7-6-8-10-16/h6-12,17,25H,13H2,1-5H3. The molecular formula is C26H26O8. The summed E-state index contributed by atoms with van der Waals surface area (Å²) in [5, 5.41) is 0.253. The number of carbonyl (C=O) groups is 2. The first kappa shape index (κ1) is 23.4. The molecule has 2 aromatic carbocycles. The summed E-state index contributed by atoms with van der Waals surface area (Å²) in [5.74, 6) is -0.496. The van der Waals surface area contributed by atoms with Crippen molar-refractivity contribution in [1.29, 1.82) is 0 Å². The van der Waals surface area contributed by atoms with E-state index in [0.29, 0.717) is 22.8 Å². The maximum Gasteiger partial charge on any atom is 0.303 e. The minimum atomic E-state index is -1.18. The van der Waals surface area contributed by atoms with Crippen molar-refractivity contribution >= 4 is 22.9 Å². The summed E-state index contributed by atoms with van der Waals surface area (Å²) >= 11 is 0. The van der Waals surface area contributed by atoms with Crippen molar-refractivity contribution in [3.63, 3.8) is 0 Å². The summed E-state index contributed by atoms with van der Waals surface area (Å²) in [6.07, 6.45) is -0.905. The molecule has 1 aliphatic rings. The molecule has 0 spiro atoms. The molecular weight excluding hydrogens is 440 g/mol. The smallest absolute Gasteiger partial charge is 0.303 e. The van der Waals surface area contributed by atoms with Crippen molar-refractivity contribution in [2.45, 2.75) is 45.3 Å². The highest BCUT2D eigenvalue weighted by Gasteiger charge is 2.47. The van der Waals surface area contributed by atoms with Crippen LogP contribution in [0.4, 0.5) is 0 Å². The van der Waals surface area contributed by atoms with Gasteiger partial charge in [0.1, 0.15) is 33.8 Å². The Labute approximate surface area is 196 Å².